The van der Waals surface area contributed by atoms with Crippen LogP contribution >= 0.6 is 0 Å². The Morgan fingerprint density at radius 3 is 2.18 bits per heavy atom. The smallest absolute Gasteiger partial charge is 0.397 e. The summed E-state index contributed by atoms with van der Waals surface area (Å²) in [7, 11) is 1.58. The first-order valence-corrected chi connectivity index (χ1v) is 10.8. The maximum atomic E-state index is 14.8. The van der Waals surface area contributed by atoms with E-state index in [0.29, 0.717) is 28.3 Å². The molecular formula is C26H20F3N3O. The molecule has 7 heteroatoms. The normalized spacial score (nSPS) is 20.2. The Bertz CT molecular complexity index is 1340. The zero-order valence-corrected chi connectivity index (χ0v) is 17.8. The summed E-state index contributed by atoms with van der Waals surface area (Å²) < 4.78 is 51.2. The minimum atomic E-state index is -4.41. The van der Waals surface area contributed by atoms with Gasteiger partial charge >= 0.3 is 6.18 Å². The second-order valence-corrected chi connectivity index (χ2v) is 8.63. The monoisotopic (exact) mass is 447 g/mol. The van der Waals surface area contributed by atoms with E-state index < -0.39 is 17.1 Å². The van der Waals surface area contributed by atoms with E-state index in [4.69, 9.17) is 4.74 Å². The largest absolute Gasteiger partial charge is 0.497 e. The number of hydrogen-bond acceptors (Lipinski definition) is 3. The summed E-state index contributed by atoms with van der Waals surface area (Å²) >= 11 is 0. The van der Waals surface area contributed by atoms with Crippen molar-refractivity contribution in [3.63, 3.8) is 0 Å². The third-order valence-electron chi connectivity index (χ3n) is 7.10. The minimum absolute atomic E-state index is 0.0386. The molecule has 0 amide bonds. The second-order valence-electron chi connectivity index (χ2n) is 8.63. The number of halogens is 3. The lowest BCUT2D eigenvalue weighted by Gasteiger charge is -2.41. The van der Waals surface area contributed by atoms with E-state index in [-0.39, 0.29) is 12.8 Å². The molecule has 0 radical (unpaired) electrons. The SMILES string of the molecule is COc1ccc(-c2nnn3c2-c2ccccc2C3(c2ccccc2)C2(C(F)(F)F)CC2)cc1. The molecule has 1 aliphatic heterocycles. The number of hydrogen-bond donors (Lipinski definition) is 0. The lowest BCUT2D eigenvalue weighted by atomic mass is 9.70. The lowest BCUT2D eigenvalue weighted by molar-refractivity contribution is -0.208. The predicted molar refractivity (Wildman–Crippen MR) is 118 cm³/mol. The number of ether oxygens (including phenoxy) is 1. The number of methoxy groups -OCH3 is 1. The summed E-state index contributed by atoms with van der Waals surface area (Å²) in [5.41, 5.74) is 0.378. The van der Waals surface area contributed by atoms with E-state index in [2.05, 4.69) is 10.3 Å². The fourth-order valence-corrected chi connectivity index (χ4v) is 5.49. The van der Waals surface area contributed by atoms with Crippen LogP contribution < -0.4 is 4.74 Å². The Labute approximate surface area is 188 Å². The van der Waals surface area contributed by atoms with Gasteiger partial charge in [0.25, 0.3) is 0 Å². The standard InChI is InChI=1S/C26H20F3N3O/c1-33-19-13-11-17(12-14-19)22-23-20-9-5-6-10-21(20)25(32(23)31-30-22,18-7-3-2-4-8-18)24(15-16-24)26(27,28)29/h2-14H,15-16H2,1H3. The van der Waals surface area contributed by atoms with Crippen LogP contribution in [0.15, 0.2) is 78.9 Å². The number of rotatable bonds is 4. The molecule has 1 saturated carbocycles. The Kier molecular flexibility index (Phi) is 4.07. The van der Waals surface area contributed by atoms with E-state index in [0.717, 1.165) is 11.1 Å². The molecule has 0 bridgehead atoms. The van der Waals surface area contributed by atoms with E-state index >= 15 is 0 Å². The van der Waals surface area contributed by atoms with E-state index in [1.807, 2.05) is 42.5 Å². The van der Waals surface area contributed by atoms with Crippen molar-refractivity contribution in [3.05, 3.63) is 90.0 Å². The molecule has 1 aromatic heterocycles. The highest BCUT2D eigenvalue weighted by Gasteiger charge is 2.77. The Hall–Kier alpha value is -3.61. The topological polar surface area (TPSA) is 39.9 Å². The fourth-order valence-electron chi connectivity index (χ4n) is 5.49. The molecule has 1 aliphatic carbocycles. The van der Waals surface area contributed by atoms with Gasteiger partial charge in [-0.2, -0.15) is 13.2 Å². The average Bonchev–Trinajstić information content (AvgIpc) is 3.46. The third kappa shape index (κ3) is 2.47. The van der Waals surface area contributed by atoms with Crippen LogP contribution in [0, 0.1) is 5.41 Å². The Balaban J connectivity index is 1.70. The summed E-state index contributed by atoms with van der Waals surface area (Å²) in [6, 6.07) is 23.6. The summed E-state index contributed by atoms with van der Waals surface area (Å²) in [6.07, 6.45) is -4.34. The molecule has 2 heterocycles. The van der Waals surface area contributed by atoms with E-state index in [1.165, 1.54) is 4.68 Å². The van der Waals surface area contributed by atoms with Crippen LogP contribution in [-0.4, -0.2) is 28.3 Å². The first-order valence-electron chi connectivity index (χ1n) is 10.8. The van der Waals surface area contributed by atoms with Gasteiger partial charge in [-0.05, 0) is 48.2 Å². The first kappa shape index (κ1) is 20.0. The Morgan fingerprint density at radius 2 is 1.55 bits per heavy atom. The highest BCUT2D eigenvalue weighted by atomic mass is 19.4. The molecule has 6 rings (SSSR count). The van der Waals surface area contributed by atoms with Gasteiger partial charge in [0.2, 0.25) is 0 Å². The molecule has 4 nitrogen and oxygen atoms in total. The van der Waals surface area contributed by atoms with E-state index in [1.54, 1.807) is 43.5 Å². The van der Waals surface area contributed by atoms with Crippen molar-refractivity contribution in [1.82, 2.24) is 15.0 Å². The summed E-state index contributed by atoms with van der Waals surface area (Å²) in [6.45, 7) is 0. The number of benzene rings is 3. The van der Waals surface area contributed by atoms with Crippen molar-refractivity contribution in [2.75, 3.05) is 7.11 Å². The van der Waals surface area contributed by atoms with Gasteiger partial charge in [-0.25, -0.2) is 4.68 Å². The van der Waals surface area contributed by atoms with Gasteiger partial charge in [0.05, 0.1) is 18.2 Å². The van der Waals surface area contributed by atoms with Gasteiger partial charge in [0.1, 0.15) is 17.0 Å². The molecule has 0 N–H and O–H groups in total. The number of aromatic nitrogens is 3. The lowest BCUT2D eigenvalue weighted by Crippen LogP contribution is -2.50. The van der Waals surface area contributed by atoms with Crippen molar-refractivity contribution in [2.45, 2.75) is 24.6 Å². The molecule has 0 spiro atoms. The van der Waals surface area contributed by atoms with Crippen LogP contribution in [0.3, 0.4) is 0 Å². The molecule has 33 heavy (non-hydrogen) atoms. The highest BCUT2D eigenvalue weighted by Crippen LogP contribution is 2.72. The van der Waals surface area contributed by atoms with Crippen molar-refractivity contribution < 1.29 is 17.9 Å². The summed E-state index contributed by atoms with van der Waals surface area (Å²) in [5.74, 6) is 0.690. The number of fused-ring (bicyclic) bond motifs is 3. The van der Waals surface area contributed by atoms with Crippen LogP contribution in [0.1, 0.15) is 24.0 Å². The van der Waals surface area contributed by atoms with Crippen LogP contribution in [0.5, 0.6) is 5.75 Å². The van der Waals surface area contributed by atoms with Gasteiger partial charge < -0.3 is 4.74 Å². The molecule has 3 aromatic carbocycles. The van der Waals surface area contributed by atoms with E-state index in [9.17, 15) is 13.2 Å². The molecule has 1 unspecified atom stereocenters. The highest BCUT2D eigenvalue weighted by molar-refractivity contribution is 5.85. The maximum absolute atomic E-state index is 14.8. The summed E-state index contributed by atoms with van der Waals surface area (Å²) in [4.78, 5) is 0. The third-order valence-corrected chi connectivity index (χ3v) is 7.10. The van der Waals surface area contributed by atoms with Crippen LogP contribution in [0.25, 0.3) is 22.5 Å². The number of alkyl halides is 3. The van der Waals surface area contributed by atoms with Gasteiger partial charge in [0, 0.05) is 11.1 Å². The molecule has 0 saturated heterocycles. The predicted octanol–water partition coefficient (Wildman–Crippen LogP) is 6.07. The molecular weight excluding hydrogens is 427 g/mol. The quantitative estimate of drug-likeness (QED) is 0.381. The Morgan fingerprint density at radius 1 is 0.879 bits per heavy atom. The summed E-state index contributed by atoms with van der Waals surface area (Å²) in [5, 5.41) is 8.83. The van der Waals surface area contributed by atoms with Gasteiger partial charge in [-0.15, -0.1) is 5.10 Å². The van der Waals surface area contributed by atoms with Crippen LogP contribution in [-0.2, 0) is 5.54 Å². The molecule has 4 aromatic rings. The zero-order chi connectivity index (χ0) is 22.8. The minimum Gasteiger partial charge on any atom is -0.497 e. The van der Waals surface area contributed by atoms with Crippen LogP contribution in [0.4, 0.5) is 13.2 Å². The average molecular weight is 447 g/mol. The second kappa shape index (κ2) is 6.70. The van der Waals surface area contributed by atoms with Gasteiger partial charge in [0.15, 0.2) is 0 Å². The molecule has 2 aliphatic rings. The van der Waals surface area contributed by atoms with Gasteiger partial charge in [-0.1, -0.05) is 59.8 Å². The zero-order valence-electron chi connectivity index (χ0n) is 17.8. The van der Waals surface area contributed by atoms with Crippen LogP contribution in [0.2, 0.25) is 0 Å². The molecule has 1 fully saturated rings. The van der Waals surface area contributed by atoms with Crippen molar-refractivity contribution in [3.8, 4) is 28.3 Å². The van der Waals surface area contributed by atoms with Crippen molar-refractivity contribution >= 4 is 0 Å². The first-order chi connectivity index (χ1) is 15.9. The molecule has 166 valence electrons. The van der Waals surface area contributed by atoms with Crippen molar-refractivity contribution in [2.24, 2.45) is 5.41 Å². The maximum Gasteiger partial charge on any atom is 0.397 e. The number of nitrogens with zero attached hydrogens (tertiary/aromatic N) is 3. The van der Waals surface area contributed by atoms with Crippen molar-refractivity contribution in [1.29, 1.82) is 0 Å². The molecule has 1 atom stereocenters. The van der Waals surface area contributed by atoms with Gasteiger partial charge in [-0.3, -0.25) is 0 Å². The fraction of sp³-hybridized carbons (Fsp3) is 0.231.